The van der Waals surface area contributed by atoms with E-state index in [1.165, 1.54) is 142 Å². The summed E-state index contributed by atoms with van der Waals surface area (Å²) in [6.07, 6.45) is 33.4. The van der Waals surface area contributed by atoms with Crippen LogP contribution in [0.1, 0.15) is 201 Å². The Morgan fingerprint density at radius 3 is 1.41 bits per heavy atom. The van der Waals surface area contributed by atoms with Crippen molar-refractivity contribution in [2.45, 2.75) is 207 Å². The minimum absolute atomic E-state index is 0.00438. The van der Waals surface area contributed by atoms with Crippen LogP contribution in [0.3, 0.4) is 0 Å². The number of aliphatic hydroxyl groups is 1. The Morgan fingerprint density at radius 2 is 0.980 bits per heavy atom. The highest BCUT2D eigenvalue weighted by molar-refractivity contribution is 5.76. The predicted octanol–water partition coefficient (Wildman–Crippen LogP) is 10.3. The van der Waals surface area contributed by atoms with Gasteiger partial charge in [0, 0.05) is 33.5 Å². The van der Waals surface area contributed by atoms with E-state index >= 15 is 0 Å². The molecule has 0 aromatic carbocycles. The van der Waals surface area contributed by atoms with Gasteiger partial charge in [-0.3, -0.25) is 14.4 Å². The third kappa shape index (κ3) is 35.9. The lowest BCUT2D eigenvalue weighted by Gasteiger charge is -2.27. The van der Waals surface area contributed by atoms with Gasteiger partial charge in [0.2, 0.25) is 5.91 Å². The van der Waals surface area contributed by atoms with E-state index in [2.05, 4.69) is 6.92 Å². The molecule has 1 N–H and O–H groups in total. The third-order valence-corrected chi connectivity index (χ3v) is 9.27. The van der Waals surface area contributed by atoms with Gasteiger partial charge in [-0.1, -0.05) is 161 Å². The van der Waals surface area contributed by atoms with E-state index in [0.29, 0.717) is 19.6 Å². The van der Waals surface area contributed by atoms with Crippen molar-refractivity contribution < 1.29 is 33.7 Å². The number of amides is 1. The Kier molecular flexibility index (Phi) is 36.3. The molecule has 0 aliphatic rings. The maximum absolute atomic E-state index is 13.2. The fraction of sp³-hybridized carbons (Fsp3) is 0.927. The highest BCUT2D eigenvalue weighted by Gasteiger charge is 2.21. The van der Waals surface area contributed by atoms with Gasteiger partial charge in [-0.25, -0.2) is 0 Å². The normalized spacial score (nSPS) is 11.8. The molecule has 0 fully saturated rings. The molecule has 0 aromatic rings. The van der Waals surface area contributed by atoms with Crippen molar-refractivity contribution in [1.29, 1.82) is 0 Å². The summed E-state index contributed by atoms with van der Waals surface area (Å²) in [6, 6.07) is 0. The second-order valence-corrected chi connectivity index (χ2v) is 14.2. The number of nitrogens with zero attached hydrogens (tertiary/aromatic N) is 1. The van der Waals surface area contributed by atoms with E-state index in [4.69, 9.17) is 19.3 Å². The Balaban J connectivity index is 4.23. The highest BCUT2D eigenvalue weighted by atomic mass is 16.6. The molecule has 0 heterocycles. The molecule has 8 nitrogen and oxygen atoms in total. The summed E-state index contributed by atoms with van der Waals surface area (Å²) in [5.41, 5.74) is 0. The first-order valence-electron chi connectivity index (χ1n) is 20.7. The monoisotopic (exact) mass is 698 g/mol. The van der Waals surface area contributed by atoms with Crippen molar-refractivity contribution in [2.75, 3.05) is 39.5 Å². The first-order chi connectivity index (χ1) is 23.9. The van der Waals surface area contributed by atoms with Crippen LogP contribution in [0, 0.1) is 0 Å². The van der Waals surface area contributed by atoms with Crippen molar-refractivity contribution in [3.05, 3.63) is 0 Å². The van der Waals surface area contributed by atoms with Gasteiger partial charge in [-0.05, 0) is 19.3 Å². The molecule has 290 valence electrons. The fourth-order valence-corrected chi connectivity index (χ4v) is 6.33. The van der Waals surface area contributed by atoms with Crippen molar-refractivity contribution in [2.24, 2.45) is 0 Å². The van der Waals surface area contributed by atoms with Gasteiger partial charge in [0.1, 0.15) is 12.7 Å². The molecule has 0 rings (SSSR count). The van der Waals surface area contributed by atoms with Gasteiger partial charge in [-0.2, -0.15) is 0 Å². The average molecular weight is 698 g/mol. The van der Waals surface area contributed by atoms with Crippen LogP contribution in [0.2, 0.25) is 0 Å². The maximum Gasteiger partial charge on any atom is 0.303 e. The zero-order chi connectivity index (χ0) is 36.0. The van der Waals surface area contributed by atoms with Crippen molar-refractivity contribution in [3.8, 4) is 0 Å². The molecule has 1 atom stereocenters. The molecule has 8 heteroatoms. The SMILES string of the molecule is CCCCCCCCCCCCCCCCOCC(CN(CCOC(C)=O)C(=O)CCCCCCCCCCCCCCCO)OC(C)=O. The number of unbranched alkanes of at least 4 members (excludes halogenated alkanes) is 25. The van der Waals surface area contributed by atoms with E-state index in [9.17, 15) is 14.4 Å². The quantitative estimate of drug-likeness (QED) is 0.0506. The number of hydrogen-bond donors (Lipinski definition) is 1. The van der Waals surface area contributed by atoms with E-state index < -0.39 is 12.1 Å². The summed E-state index contributed by atoms with van der Waals surface area (Å²) in [6.45, 7) is 6.82. The Hall–Kier alpha value is -1.67. The molecule has 0 spiro atoms. The average Bonchev–Trinajstić information content (AvgIpc) is 3.07. The lowest BCUT2D eigenvalue weighted by atomic mass is 10.0. The smallest absolute Gasteiger partial charge is 0.303 e. The van der Waals surface area contributed by atoms with Crippen LogP contribution in [0.4, 0.5) is 0 Å². The second kappa shape index (κ2) is 37.6. The second-order valence-electron chi connectivity index (χ2n) is 14.2. The van der Waals surface area contributed by atoms with Gasteiger partial charge in [-0.15, -0.1) is 0 Å². The molecule has 0 bridgehead atoms. The van der Waals surface area contributed by atoms with E-state index in [0.717, 1.165) is 44.9 Å². The Morgan fingerprint density at radius 1 is 0.551 bits per heavy atom. The molecular weight excluding hydrogens is 618 g/mol. The molecule has 0 aromatic heterocycles. The minimum atomic E-state index is -0.550. The summed E-state index contributed by atoms with van der Waals surface area (Å²) in [4.78, 5) is 38.0. The van der Waals surface area contributed by atoms with Gasteiger partial charge in [0.05, 0.1) is 19.7 Å². The first kappa shape index (κ1) is 47.3. The zero-order valence-electron chi connectivity index (χ0n) is 32.5. The van der Waals surface area contributed by atoms with Crippen LogP contribution in [-0.4, -0.2) is 73.5 Å². The predicted molar refractivity (Wildman–Crippen MR) is 202 cm³/mol. The summed E-state index contributed by atoms with van der Waals surface area (Å²) in [7, 11) is 0. The maximum atomic E-state index is 13.2. The van der Waals surface area contributed by atoms with Crippen LogP contribution in [-0.2, 0) is 28.6 Å². The number of carbonyl (C=O) groups excluding carboxylic acids is 3. The van der Waals surface area contributed by atoms with Gasteiger partial charge < -0.3 is 24.2 Å². The number of esters is 2. The van der Waals surface area contributed by atoms with Crippen LogP contribution in [0.25, 0.3) is 0 Å². The fourth-order valence-electron chi connectivity index (χ4n) is 6.33. The molecular formula is C41H79NO7. The summed E-state index contributed by atoms with van der Waals surface area (Å²) in [5, 5.41) is 8.84. The Labute approximate surface area is 302 Å². The summed E-state index contributed by atoms with van der Waals surface area (Å²) >= 11 is 0. The highest BCUT2D eigenvalue weighted by Crippen LogP contribution is 2.15. The van der Waals surface area contributed by atoms with Crippen LogP contribution >= 0.6 is 0 Å². The van der Waals surface area contributed by atoms with E-state index in [1.54, 1.807) is 4.90 Å². The molecule has 1 unspecified atom stereocenters. The van der Waals surface area contributed by atoms with Crippen LogP contribution < -0.4 is 0 Å². The van der Waals surface area contributed by atoms with Crippen molar-refractivity contribution in [3.63, 3.8) is 0 Å². The standard InChI is InChI=1S/C41H79NO7/c1-4-5-6-7-8-9-10-11-15-18-21-24-27-30-34-47-37-40(49-39(3)45)36-42(32-35-48-38(2)44)41(46)31-28-25-22-19-16-13-12-14-17-20-23-26-29-33-43/h40,43H,4-37H2,1-3H3. The molecule has 1 amide bonds. The lowest BCUT2D eigenvalue weighted by Crippen LogP contribution is -2.42. The minimum Gasteiger partial charge on any atom is -0.464 e. The van der Waals surface area contributed by atoms with E-state index in [1.807, 2.05) is 0 Å². The Bertz CT molecular complexity index is 747. The molecule has 49 heavy (non-hydrogen) atoms. The number of carbonyl (C=O) groups is 3. The van der Waals surface area contributed by atoms with Crippen LogP contribution in [0.5, 0.6) is 0 Å². The van der Waals surface area contributed by atoms with Gasteiger partial charge >= 0.3 is 11.9 Å². The molecule has 0 aliphatic carbocycles. The summed E-state index contributed by atoms with van der Waals surface area (Å²) < 4.78 is 16.6. The number of hydrogen-bond acceptors (Lipinski definition) is 7. The molecule has 0 radical (unpaired) electrons. The topological polar surface area (TPSA) is 102 Å². The van der Waals surface area contributed by atoms with Crippen molar-refractivity contribution in [1.82, 2.24) is 4.90 Å². The van der Waals surface area contributed by atoms with Crippen LogP contribution in [0.15, 0.2) is 0 Å². The largest absolute Gasteiger partial charge is 0.464 e. The van der Waals surface area contributed by atoms with E-state index in [-0.39, 0.29) is 38.2 Å². The van der Waals surface area contributed by atoms with Gasteiger partial charge in [0.15, 0.2) is 0 Å². The number of aliphatic hydroxyl groups excluding tert-OH is 1. The first-order valence-corrected chi connectivity index (χ1v) is 20.7. The zero-order valence-corrected chi connectivity index (χ0v) is 32.5. The summed E-state index contributed by atoms with van der Waals surface area (Å²) in [5.74, 6) is -0.774. The third-order valence-electron chi connectivity index (χ3n) is 9.27. The van der Waals surface area contributed by atoms with Crippen molar-refractivity contribution >= 4 is 17.8 Å². The molecule has 0 saturated carbocycles. The number of rotatable bonds is 38. The molecule has 0 saturated heterocycles. The lowest BCUT2D eigenvalue weighted by molar-refractivity contribution is -0.153. The van der Waals surface area contributed by atoms with Gasteiger partial charge in [0.25, 0.3) is 0 Å². The number of ether oxygens (including phenoxy) is 3. The molecule has 0 aliphatic heterocycles.